The Bertz CT molecular complexity index is 268. The normalized spacial score (nSPS) is 10.1. The average Bonchev–Trinajstić information content (AvgIpc) is 2.20. The third-order valence-electron chi connectivity index (χ3n) is 1.77. The van der Waals surface area contributed by atoms with Crippen LogP contribution in [0.1, 0.15) is 5.56 Å². The lowest BCUT2D eigenvalue weighted by molar-refractivity contribution is 0.160. The number of alkyl halides is 1. The molecule has 0 unspecified atom stereocenters. The van der Waals surface area contributed by atoms with E-state index in [1.54, 1.807) is 6.20 Å². The van der Waals surface area contributed by atoms with Gasteiger partial charge in [0.15, 0.2) is 0 Å². The zero-order valence-corrected chi connectivity index (χ0v) is 9.05. The minimum Gasteiger partial charge on any atom is -0.378 e. The maximum Gasteiger partial charge on any atom is 0.128 e. The molecule has 1 aromatic rings. The predicted octanol–water partition coefficient (Wildman–Crippen LogP) is 2.06. The molecule has 1 rings (SSSR count). The van der Waals surface area contributed by atoms with Crippen molar-refractivity contribution in [2.75, 3.05) is 31.0 Å². The van der Waals surface area contributed by atoms with Gasteiger partial charge in [-0.25, -0.2) is 4.98 Å². The first-order valence-corrected chi connectivity index (χ1v) is 5.17. The van der Waals surface area contributed by atoms with Gasteiger partial charge in [0.1, 0.15) is 5.82 Å². The van der Waals surface area contributed by atoms with Gasteiger partial charge in [0.2, 0.25) is 0 Å². The molecular formula is C10H15ClN2O. The monoisotopic (exact) mass is 214 g/mol. The van der Waals surface area contributed by atoms with Gasteiger partial charge in [-0.3, -0.25) is 0 Å². The van der Waals surface area contributed by atoms with E-state index in [9.17, 15) is 0 Å². The Labute approximate surface area is 89.4 Å². The Balaban J connectivity index is 2.21. The largest absolute Gasteiger partial charge is 0.378 e. The number of aryl methyl sites for hydroxylation is 1. The summed E-state index contributed by atoms with van der Waals surface area (Å²) in [4.78, 5) is 4.20. The number of rotatable bonds is 6. The highest BCUT2D eigenvalue weighted by molar-refractivity contribution is 6.17. The van der Waals surface area contributed by atoms with Crippen molar-refractivity contribution in [2.45, 2.75) is 6.92 Å². The Kier molecular flexibility index (Phi) is 5.33. The first-order chi connectivity index (χ1) is 6.84. The summed E-state index contributed by atoms with van der Waals surface area (Å²) in [6.45, 7) is 4.04. The highest BCUT2D eigenvalue weighted by Gasteiger charge is 1.96. The Hall–Kier alpha value is -0.800. The quantitative estimate of drug-likeness (QED) is 0.582. The van der Waals surface area contributed by atoms with Gasteiger partial charge in [-0.05, 0) is 18.6 Å². The van der Waals surface area contributed by atoms with Crippen molar-refractivity contribution >= 4 is 17.4 Å². The lowest BCUT2D eigenvalue weighted by atomic mass is 10.3. The topological polar surface area (TPSA) is 34.2 Å². The number of aromatic nitrogens is 1. The molecule has 1 aromatic heterocycles. The van der Waals surface area contributed by atoms with E-state index in [0.29, 0.717) is 19.1 Å². The Morgan fingerprint density at radius 3 is 3.07 bits per heavy atom. The SMILES string of the molecule is Cc1cccnc1NCCOCCCl. The second kappa shape index (κ2) is 6.62. The molecule has 0 saturated heterocycles. The number of hydrogen-bond donors (Lipinski definition) is 1. The molecule has 0 radical (unpaired) electrons. The fourth-order valence-corrected chi connectivity index (χ4v) is 1.18. The van der Waals surface area contributed by atoms with Gasteiger partial charge in [0.05, 0.1) is 13.2 Å². The molecule has 0 spiro atoms. The third kappa shape index (κ3) is 3.94. The molecule has 78 valence electrons. The van der Waals surface area contributed by atoms with Crippen LogP contribution in [0, 0.1) is 6.92 Å². The molecule has 4 heteroatoms. The number of halogens is 1. The zero-order valence-electron chi connectivity index (χ0n) is 8.29. The molecular weight excluding hydrogens is 200 g/mol. The number of pyridine rings is 1. The average molecular weight is 215 g/mol. The summed E-state index contributed by atoms with van der Waals surface area (Å²) in [5, 5.41) is 3.19. The van der Waals surface area contributed by atoms with Crippen LogP contribution in [0.4, 0.5) is 5.82 Å². The van der Waals surface area contributed by atoms with Crippen LogP contribution >= 0.6 is 11.6 Å². The predicted molar refractivity (Wildman–Crippen MR) is 59.0 cm³/mol. The number of nitrogens with one attached hydrogen (secondary N) is 1. The van der Waals surface area contributed by atoms with Gasteiger partial charge in [0.25, 0.3) is 0 Å². The molecule has 1 heterocycles. The molecule has 3 nitrogen and oxygen atoms in total. The van der Waals surface area contributed by atoms with Gasteiger partial charge in [-0.15, -0.1) is 11.6 Å². The van der Waals surface area contributed by atoms with Crippen LogP contribution in [0.25, 0.3) is 0 Å². The summed E-state index contributed by atoms with van der Waals surface area (Å²) in [5.74, 6) is 1.46. The van der Waals surface area contributed by atoms with Crippen molar-refractivity contribution < 1.29 is 4.74 Å². The van der Waals surface area contributed by atoms with Crippen molar-refractivity contribution in [1.29, 1.82) is 0 Å². The second-order valence-electron chi connectivity index (χ2n) is 2.90. The van der Waals surface area contributed by atoms with Crippen molar-refractivity contribution in [2.24, 2.45) is 0 Å². The molecule has 0 amide bonds. The molecule has 1 N–H and O–H groups in total. The van der Waals surface area contributed by atoms with Crippen LogP contribution in [0.15, 0.2) is 18.3 Å². The fraction of sp³-hybridized carbons (Fsp3) is 0.500. The third-order valence-corrected chi connectivity index (χ3v) is 1.92. The molecule has 0 bridgehead atoms. The van der Waals surface area contributed by atoms with Crippen LogP contribution in [-0.4, -0.2) is 30.6 Å². The molecule has 0 fully saturated rings. The summed E-state index contributed by atoms with van der Waals surface area (Å²) in [6.07, 6.45) is 1.77. The smallest absolute Gasteiger partial charge is 0.128 e. The van der Waals surface area contributed by atoms with Gasteiger partial charge in [0, 0.05) is 18.6 Å². The van der Waals surface area contributed by atoms with E-state index in [1.807, 2.05) is 19.1 Å². The van der Waals surface area contributed by atoms with Crippen molar-refractivity contribution in [3.63, 3.8) is 0 Å². The van der Waals surface area contributed by atoms with E-state index in [1.165, 1.54) is 0 Å². The fourth-order valence-electron chi connectivity index (χ4n) is 1.07. The van der Waals surface area contributed by atoms with E-state index in [2.05, 4.69) is 10.3 Å². The van der Waals surface area contributed by atoms with Crippen molar-refractivity contribution in [3.05, 3.63) is 23.9 Å². The molecule has 14 heavy (non-hydrogen) atoms. The van der Waals surface area contributed by atoms with Crippen LogP contribution in [0.2, 0.25) is 0 Å². The second-order valence-corrected chi connectivity index (χ2v) is 3.28. The summed E-state index contributed by atoms with van der Waals surface area (Å²) in [5.41, 5.74) is 1.14. The molecule has 0 aliphatic rings. The minimum atomic E-state index is 0.544. The molecule has 0 atom stereocenters. The maximum atomic E-state index is 5.46. The molecule has 0 saturated carbocycles. The number of hydrogen-bond acceptors (Lipinski definition) is 3. The van der Waals surface area contributed by atoms with Gasteiger partial charge >= 0.3 is 0 Å². The van der Waals surface area contributed by atoms with Crippen LogP contribution < -0.4 is 5.32 Å². The standard InChI is InChI=1S/C10H15ClN2O/c1-9-3-2-5-12-10(9)13-6-8-14-7-4-11/h2-3,5H,4,6-8H2,1H3,(H,12,13). The highest BCUT2D eigenvalue weighted by atomic mass is 35.5. The lowest BCUT2D eigenvalue weighted by Crippen LogP contribution is -2.11. The van der Waals surface area contributed by atoms with Gasteiger partial charge < -0.3 is 10.1 Å². The zero-order chi connectivity index (χ0) is 10.2. The number of ether oxygens (including phenoxy) is 1. The number of anilines is 1. The van der Waals surface area contributed by atoms with Crippen molar-refractivity contribution in [3.8, 4) is 0 Å². The first-order valence-electron chi connectivity index (χ1n) is 4.64. The van der Waals surface area contributed by atoms with Crippen LogP contribution in [0.5, 0.6) is 0 Å². The van der Waals surface area contributed by atoms with E-state index in [-0.39, 0.29) is 0 Å². The van der Waals surface area contributed by atoms with Crippen molar-refractivity contribution in [1.82, 2.24) is 4.98 Å². The lowest BCUT2D eigenvalue weighted by Gasteiger charge is -2.07. The van der Waals surface area contributed by atoms with E-state index < -0.39 is 0 Å². The van der Waals surface area contributed by atoms with Gasteiger partial charge in [-0.1, -0.05) is 6.07 Å². The number of nitrogens with zero attached hydrogens (tertiary/aromatic N) is 1. The maximum absolute atomic E-state index is 5.46. The summed E-state index contributed by atoms with van der Waals surface area (Å²) in [6, 6.07) is 3.94. The minimum absolute atomic E-state index is 0.544. The summed E-state index contributed by atoms with van der Waals surface area (Å²) in [7, 11) is 0. The summed E-state index contributed by atoms with van der Waals surface area (Å²) < 4.78 is 5.22. The summed E-state index contributed by atoms with van der Waals surface area (Å²) >= 11 is 5.46. The van der Waals surface area contributed by atoms with E-state index in [0.717, 1.165) is 17.9 Å². The van der Waals surface area contributed by atoms with E-state index >= 15 is 0 Å². The Morgan fingerprint density at radius 1 is 1.50 bits per heavy atom. The van der Waals surface area contributed by atoms with Gasteiger partial charge in [-0.2, -0.15) is 0 Å². The van der Waals surface area contributed by atoms with Crippen LogP contribution in [0.3, 0.4) is 0 Å². The Morgan fingerprint density at radius 2 is 2.36 bits per heavy atom. The molecule has 0 aliphatic heterocycles. The molecule has 0 aromatic carbocycles. The van der Waals surface area contributed by atoms with E-state index in [4.69, 9.17) is 16.3 Å². The first kappa shape index (κ1) is 11.3. The van der Waals surface area contributed by atoms with Crippen LogP contribution in [-0.2, 0) is 4.74 Å². The molecule has 0 aliphatic carbocycles. The highest BCUT2D eigenvalue weighted by Crippen LogP contribution is 2.07.